The first kappa shape index (κ1) is 15.1. The summed E-state index contributed by atoms with van der Waals surface area (Å²) in [5.74, 6) is 0.851. The van der Waals surface area contributed by atoms with E-state index in [1.165, 1.54) is 6.33 Å². The van der Waals surface area contributed by atoms with Gasteiger partial charge in [-0.3, -0.25) is 4.79 Å². The molecule has 120 valence electrons. The Morgan fingerprint density at radius 1 is 1.48 bits per heavy atom. The van der Waals surface area contributed by atoms with Crippen LogP contribution in [0.2, 0.25) is 0 Å². The van der Waals surface area contributed by atoms with Gasteiger partial charge in [0.05, 0.1) is 12.2 Å². The van der Waals surface area contributed by atoms with E-state index in [0.717, 1.165) is 17.7 Å². The number of hydrogen-bond acceptors (Lipinski definition) is 5. The fraction of sp³-hybridized carbons (Fsp3) is 0.312. The van der Waals surface area contributed by atoms with Gasteiger partial charge in [-0.05, 0) is 31.0 Å². The Hall–Kier alpha value is -2.83. The fourth-order valence-corrected chi connectivity index (χ4v) is 2.71. The van der Waals surface area contributed by atoms with E-state index in [2.05, 4.69) is 22.3 Å². The minimum atomic E-state index is -0.485. The third kappa shape index (κ3) is 2.77. The number of nitrogens with zero attached hydrogens (tertiary/aromatic N) is 3. The van der Waals surface area contributed by atoms with Crippen molar-refractivity contribution in [3.63, 3.8) is 0 Å². The number of fused-ring (bicyclic) bond motifs is 1. The molecule has 0 aliphatic carbocycles. The third-order valence-corrected chi connectivity index (χ3v) is 3.71. The zero-order valence-corrected chi connectivity index (χ0v) is 13.1. The van der Waals surface area contributed by atoms with Gasteiger partial charge in [-0.2, -0.15) is 10.1 Å². The van der Waals surface area contributed by atoms with Gasteiger partial charge in [0.15, 0.2) is 0 Å². The second kappa shape index (κ2) is 6.12. The predicted molar refractivity (Wildman–Crippen MR) is 85.9 cm³/mol. The van der Waals surface area contributed by atoms with Crippen LogP contribution in [0, 0.1) is 0 Å². The first-order chi connectivity index (χ1) is 11.1. The average Bonchev–Trinajstić information content (AvgIpc) is 2.99. The summed E-state index contributed by atoms with van der Waals surface area (Å²) >= 11 is 0. The van der Waals surface area contributed by atoms with Gasteiger partial charge in [-0.15, -0.1) is 0 Å². The lowest BCUT2D eigenvalue weighted by atomic mass is 9.95. The number of nitrogens with one attached hydrogen (secondary N) is 1. The molecule has 1 atom stereocenters. The van der Waals surface area contributed by atoms with Crippen molar-refractivity contribution in [1.82, 2.24) is 14.8 Å². The van der Waals surface area contributed by atoms with Crippen LogP contribution in [0.1, 0.15) is 31.9 Å². The van der Waals surface area contributed by atoms with Crippen molar-refractivity contribution < 1.29 is 9.53 Å². The summed E-state index contributed by atoms with van der Waals surface area (Å²) in [5.41, 5.74) is 7.63. The van der Waals surface area contributed by atoms with Gasteiger partial charge in [0, 0.05) is 5.70 Å². The number of allylic oxidation sites excluding steroid dienone is 1. The van der Waals surface area contributed by atoms with Crippen LogP contribution in [0.4, 0.5) is 5.95 Å². The SMILES string of the molecule is CCCOc1cccc([C@@H]2C(C(N)=O)=C(C)Nc3ncnn32)c1. The molecular formula is C16H19N5O2. The van der Waals surface area contributed by atoms with E-state index >= 15 is 0 Å². The van der Waals surface area contributed by atoms with E-state index < -0.39 is 11.9 Å². The van der Waals surface area contributed by atoms with Gasteiger partial charge < -0.3 is 15.8 Å². The van der Waals surface area contributed by atoms with Crippen molar-refractivity contribution in [2.75, 3.05) is 11.9 Å². The summed E-state index contributed by atoms with van der Waals surface area (Å²) < 4.78 is 7.34. The van der Waals surface area contributed by atoms with Gasteiger partial charge in [0.2, 0.25) is 11.9 Å². The van der Waals surface area contributed by atoms with Crippen molar-refractivity contribution in [2.45, 2.75) is 26.3 Å². The Bertz CT molecular complexity index is 765. The van der Waals surface area contributed by atoms with E-state index in [1.54, 1.807) is 4.68 Å². The monoisotopic (exact) mass is 313 g/mol. The Kier molecular flexibility index (Phi) is 4.01. The van der Waals surface area contributed by atoms with Crippen LogP contribution in [0.3, 0.4) is 0 Å². The standard InChI is InChI=1S/C16H19N5O2/c1-3-7-23-12-6-4-5-11(8-12)14-13(15(17)22)10(2)20-16-18-9-19-21(14)16/h4-6,8-9,14H,3,7H2,1-2H3,(H2,17,22)(H,18,19,20)/t14-/m1/s1. The lowest BCUT2D eigenvalue weighted by Gasteiger charge is -2.27. The maximum absolute atomic E-state index is 12.0. The number of carbonyl (C=O) groups is 1. The van der Waals surface area contributed by atoms with E-state index in [9.17, 15) is 4.79 Å². The summed E-state index contributed by atoms with van der Waals surface area (Å²) in [5, 5.41) is 7.29. The fourth-order valence-electron chi connectivity index (χ4n) is 2.71. The second-order valence-electron chi connectivity index (χ2n) is 5.38. The highest BCUT2D eigenvalue weighted by atomic mass is 16.5. The Labute approximate surface area is 134 Å². The number of primary amides is 1. The highest BCUT2D eigenvalue weighted by molar-refractivity contribution is 5.95. The van der Waals surface area contributed by atoms with Crippen molar-refractivity contribution >= 4 is 11.9 Å². The highest BCUT2D eigenvalue weighted by Gasteiger charge is 2.32. The molecule has 23 heavy (non-hydrogen) atoms. The molecule has 7 heteroatoms. The summed E-state index contributed by atoms with van der Waals surface area (Å²) in [4.78, 5) is 16.1. The molecule has 0 unspecified atom stereocenters. The van der Waals surface area contributed by atoms with Crippen LogP contribution in [-0.2, 0) is 4.79 Å². The molecular weight excluding hydrogens is 294 g/mol. The molecule has 1 amide bonds. The third-order valence-electron chi connectivity index (χ3n) is 3.71. The number of rotatable bonds is 5. The summed E-state index contributed by atoms with van der Waals surface area (Å²) in [6.45, 7) is 4.50. The summed E-state index contributed by atoms with van der Waals surface area (Å²) in [6.07, 6.45) is 2.38. The smallest absolute Gasteiger partial charge is 0.248 e. The predicted octanol–water partition coefficient (Wildman–Crippen LogP) is 1.84. The zero-order valence-electron chi connectivity index (χ0n) is 13.1. The van der Waals surface area contributed by atoms with Crippen molar-refractivity contribution in [3.8, 4) is 5.75 Å². The number of carbonyl (C=O) groups excluding carboxylic acids is 1. The maximum Gasteiger partial charge on any atom is 0.248 e. The number of nitrogens with two attached hydrogens (primary N) is 1. The van der Waals surface area contributed by atoms with Crippen LogP contribution >= 0.6 is 0 Å². The minimum absolute atomic E-state index is 0.420. The van der Waals surface area contributed by atoms with Gasteiger partial charge in [-0.1, -0.05) is 19.1 Å². The van der Waals surface area contributed by atoms with Crippen molar-refractivity contribution in [1.29, 1.82) is 0 Å². The zero-order chi connectivity index (χ0) is 16.4. The van der Waals surface area contributed by atoms with Crippen LogP contribution in [-0.4, -0.2) is 27.3 Å². The van der Waals surface area contributed by atoms with Crippen molar-refractivity contribution in [3.05, 3.63) is 47.4 Å². The van der Waals surface area contributed by atoms with Gasteiger partial charge in [-0.25, -0.2) is 4.68 Å². The number of benzene rings is 1. The van der Waals surface area contributed by atoms with Crippen LogP contribution in [0.15, 0.2) is 41.9 Å². The average molecular weight is 313 g/mol. The molecule has 3 rings (SSSR count). The number of hydrogen-bond donors (Lipinski definition) is 2. The van der Waals surface area contributed by atoms with E-state index in [0.29, 0.717) is 23.8 Å². The van der Waals surface area contributed by atoms with E-state index in [1.807, 2.05) is 31.2 Å². The molecule has 1 aromatic heterocycles. The van der Waals surface area contributed by atoms with Gasteiger partial charge in [0.25, 0.3) is 0 Å². The summed E-state index contributed by atoms with van der Waals surface area (Å²) in [6, 6.07) is 7.20. The Balaban J connectivity index is 2.07. The van der Waals surface area contributed by atoms with Crippen molar-refractivity contribution in [2.24, 2.45) is 5.73 Å². The topological polar surface area (TPSA) is 95.1 Å². The highest BCUT2D eigenvalue weighted by Crippen LogP contribution is 2.35. The summed E-state index contributed by atoms with van der Waals surface area (Å²) in [7, 11) is 0. The molecule has 2 heterocycles. The maximum atomic E-state index is 12.0. The molecule has 0 saturated carbocycles. The first-order valence-corrected chi connectivity index (χ1v) is 7.51. The molecule has 1 aliphatic heterocycles. The van der Waals surface area contributed by atoms with Gasteiger partial charge in [0.1, 0.15) is 18.1 Å². The first-order valence-electron chi connectivity index (χ1n) is 7.51. The van der Waals surface area contributed by atoms with Crippen LogP contribution < -0.4 is 15.8 Å². The largest absolute Gasteiger partial charge is 0.494 e. The van der Waals surface area contributed by atoms with Crippen LogP contribution in [0.5, 0.6) is 5.75 Å². The quantitative estimate of drug-likeness (QED) is 0.878. The lowest BCUT2D eigenvalue weighted by Crippen LogP contribution is -2.31. The Morgan fingerprint density at radius 2 is 2.30 bits per heavy atom. The molecule has 0 fully saturated rings. The van der Waals surface area contributed by atoms with E-state index in [4.69, 9.17) is 10.5 Å². The molecule has 1 aromatic carbocycles. The second-order valence-corrected chi connectivity index (χ2v) is 5.38. The number of anilines is 1. The molecule has 1 aliphatic rings. The molecule has 2 aromatic rings. The van der Waals surface area contributed by atoms with E-state index in [-0.39, 0.29) is 0 Å². The number of ether oxygens (including phenoxy) is 1. The molecule has 7 nitrogen and oxygen atoms in total. The molecule has 3 N–H and O–H groups in total. The minimum Gasteiger partial charge on any atom is -0.494 e. The number of aromatic nitrogens is 3. The normalized spacial score (nSPS) is 16.7. The molecule has 0 bridgehead atoms. The Morgan fingerprint density at radius 3 is 3.04 bits per heavy atom. The molecule has 0 spiro atoms. The van der Waals surface area contributed by atoms with Crippen LogP contribution in [0.25, 0.3) is 0 Å². The molecule has 0 saturated heterocycles. The lowest BCUT2D eigenvalue weighted by molar-refractivity contribution is -0.115. The molecule has 0 radical (unpaired) electrons. The van der Waals surface area contributed by atoms with Gasteiger partial charge >= 0.3 is 0 Å². The number of amides is 1.